The molecular formula is C17H25N3O3S2. The van der Waals surface area contributed by atoms with Gasteiger partial charge in [-0.3, -0.25) is 9.71 Å². The number of hydrogen-bond donors (Lipinski definition) is 3. The predicted molar refractivity (Wildman–Crippen MR) is 103 cm³/mol. The maximum atomic E-state index is 11.5. The van der Waals surface area contributed by atoms with Gasteiger partial charge in [0.15, 0.2) is 0 Å². The molecule has 2 aliphatic rings. The summed E-state index contributed by atoms with van der Waals surface area (Å²) in [6.07, 6.45) is 7.30. The zero-order valence-corrected chi connectivity index (χ0v) is 15.9. The third-order valence-electron chi connectivity index (χ3n) is 4.68. The normalized spacial score (nSPS) is 31.7. The average Bonchev–Trinajstić information content (AvgIpc) is 3.03. The Morgan fingerprint density at radius 1 is 1.24 bits per heavy atom. The lowest BCUT2D eigenvalue weighted by molar-refractivity contribution is 0.294. The lowest BCUT2D eigenvalue weighted by Gasteiger charge is -2.41. The van der Waals surface area contributed by atoms with E-state index in [1.807, 2.05) is 23.9 Å². The van der Waals surface area contributed by atoms with Crippen LogP contribution >= 0.6 is 10.2 Å². The van der Waals surface area contributed by atoms with Gasteiger partial charge in [0.25, 0.3) is 0 Å². The van der Waals surface area contributed by atoms with Crippen molar-refractivity contribution in [2.24, 2.45) is 10.9 Å². The molecule has 1 aromatic carbocycles. The van der Waals surface area contributed by atoms with E-state index in [0.29, 0.717) is 6.54 Å². The van der Waals surface area contributed by atoms with Crippen molar-refractivity contribution in [2.75, 3.05) is 12.8 Å². The van der Waals surface area contributed by atoms with Gasteiger partial charge in [-0.05, 0) is 48.4 Å². The van der Waals surface area contributed by atoms with Crippen LogP contribution in [0.25, 0.3) is 0 Å². The van der Waals surface area contributed by atoms with Crippen molar-refractivity contribution in [3.63, 3.8) is 0 Å². The van der Waals surface area contributed by atoms with Gasteiger partial charge in [-0.25, -0.2) is 13.1 Å². The van der Waals surface area contributed by atoms with Gasteiger partial charge in [0.05, 0.1) is 11.8 Å². The number of phenols is 1. The molecule has 0 bridgehead atoms. The van der Waals surface area contributed by atoms with E-state index in [4.69, 9.17) is 0 Å². The molecule has 8 heteroatoms. The highest BCUT2D eigenvalue weighted by Crippen LogP contribution is 2.55. The fourth-order valence-corrected chi connectivity index (χ4v) is 6.43. The van der Waals surface area contributed by atoms with Crippen LogP contribution in [0.4, 0.5) is 0 Å². The van der Waals surface area contributed by atoms with Gasteiger partial charge >= 0.3 is 0 Å². The molecule has 0 amide bonds. The third kappa shape index (κ3) is 4.63. The van der Waals surface area contributed by atoms with E-state index in [2.05, 4.69) is 19.8 Å². The first kappa shape index (κ1) is 18.4. The molecule has 3 unspecified atom stereocenters. The summed E-state index contributed by atoms with van der Waals surface area (Å²) in [6, 6.07) is 7.45. The first-order valence-corrected chi connectivity index (χ1v) is 12.1. The summed E-state index contributed by atoms with van der Waals surface area (Å²) in [5.41, 5.74) is 1.95. The minimum Gasteiger partial charge on any atom is -0.508 e. The van der Waals surface area contributed by atoms with Crippen molar-refractivity contribution in [1.29, 1.82) is 0 Å². The molecule has 0 aromatic heterocycles. The first-order valence-electron chi connectivity index (χ1n) is 8.42. The second kappa shape index (κ2) is 7.49. The van der Waals surface area contributed by atoms with Crippen molar-refractivity contribution in [3.05, 3.63) is 35.9 Å². The fourth-order valence-electron chi connectivity index (χ4n) is 3.36. The highest BCUT2D eigenvalue weighted by Gasteiger charge is 2.33. The Morgan fingerprint density at radius 3 is 2.60 bits per heavy atom. The molecule has 1 fully saturated rings. The number of aliphatic imine (C=N–C) groups is 1. The van der Waals surface area contributed by atoms with Crippen LogP contribution in [0.3, 0.4) is 0 Å². The summed E-state index contributed by atoms with van der Waals surface area (Å²) in [5, 5.41) is 11.7. The van der Waals surface area contributed by atoms with E-state index in [1.54, 1.807) is 12.1 Å². The van der Waals surface area contributed by atoms with Crippen LogP contribution in [0, 0.1) is 5.92 Å². The molecule has 0 spiro atoms. The van der Waals surface area contributed by atoms with Gasteiger partial charge in [0.2, 0.25) is 10.0 Å². The largest absolute Gasteiger partial charge is 0.508 e. The van der Waals surface area contributed by atoms with Crippen molar-refractivity contribution in [2.45, 2.75) is 36.6 Å². The molecule has 0 radical (unpaired) electrons. The van der Waals surface area contributed by atoms with Crippen molar-refractivity contribution in [1.82, 2.24) is 9.44 Å². The van der Waals surface area contributed by atoms with E-state index < -0.39 is 20.2 Å². The van der Waals surface area contributed by atoms with E-state index in [9.17, 15) is 13.5 Å². The number of phenolic OH excluding ortho intramolecular Hbond substituents is 1. The summed E-state index contributed by atoms with van der Waals surface area (Å²) < 4.78 is 29.4. The highest BCUT2D eigenvalue weighted by atomic mass is 32.3. The van der Waals surface area contributed by atoms with E-state index in [1.165, 1.54) is 6.26 Å². The third-order valence-corrected chi connectivity index (χ3v) is 8.12. The number of benzene rings is 1. The minimum atomic E-state index is -3.19. The molecule has 1 aliphatic heterocycles. The Hall–Kier alpha value is -1.35. The summed E-state index contributed by atoms with van der Waals surface area (Å²) in [4.78, 5) is 5.39. The molecule has 1 aromatic rings. The zero-order valence-electron chi connectivity index (χ0n) is 14.3. The minimum absolute atomic E-state index is 0.223. The molecule has 1 saturated carbocycles. The van der Waals surface area contributed by atoms with Crippen LogP contribution in [-0.2, 0) is 10.0 Å². The van der Waals surface area contributed by atoms with E-state index in [-0.39, 0.29) is 17.7 Å². The Kier molecular flexibility index (Phi) is 5.52. The van der Waals surface area contributed by atoms with Crippen molar-refractivity contribution < 1.29 is 13.5 Å². The van der Waals surface area contributed by atoms with Crippen molar-refractivity contribution in [3.8, 4) is 5.75 Å². The molecule has 1 aliphatic carbocycles. The molecule has 0 saturated heterocycles. The molecule has 3 N–H and O–H groups in total. The average molecular weight is 384 g/mol. The molecule has 6 nitrogen and oxygen atoms in total. The predicted octanol–water partition coefficient (Wildman–Crippen LogP) is 2.68. The summed E-state index contributed by atoms with van der Waals surface area (Å²) in [7, 11) is -4.74. The van der Waals surface area contributed by atoms with E-state index in [0.717, 1.165) is 30.6 Å². The van der Waals surface area contributed by atoms with Crippen LogP contribution in [0.2, 0.25) is 0 Å². The standard InChI is InChI=1S/C17H25N3O3S2/c1-24(22,23)19-12-14-4-2-3-5-17(14)20-25(11-10-18-13-25)16-8-6-15(21)7-9-16/h6-11,13-14,17,19-21H,2-5,12H2,1H3. The number of nitrogens with zero attached hydrogens (tertiary/aromatic N) is 1. The highest BCUT2D eigenvalue weighted by molar-refractivity contribution is 8.45. The quantitative estimate of drug-likeness (QED) is 0.704. The van der Waals surface area contributed by atoms with Crippen LogP contribution in [0.1, 0.15) is 25.7 Å². The number of sulfonamides is 1. The molecule has 25 heavy (non-hydrogen) atoms. The molecule has 3 rings (SSSR count). The monoisotopic (exact) mass is 383 g/mol. The zero-order chi connectivity index (χ0) is 17.9. The SMILES string of the molecule is CS(=O)(=O)NCC1CCCCC1NS1(c2ccc(O)cc2)C=CN=C1. The summed E-state index contributed by atoms with van der Waals surface area (Å²) >= 11 is 0. The van der Waals surface area contributed by atoms with Gasteiger partial charge in [-0.2, -0.15) is 0 Å². The lowest BCUT2D eigenvalue weighted by Crippen LogP contribution is -2.44. The van der Waals surface area contributed by atoms with Crippen LogP contribution in [0.15, 0.2) is 45.8 Å². The Bertz CT molecular complexity index is 748. The maximum Gasteiger partial charge on any atom is 0.208 e. The number of nitrogens with one attached hydrogen (secondary N) is 2. The van der Waals surface area contributed by atoms with Crippen LogP contribution in [0.5, 0.6) is 5.75 Å². The lowest BCUT2D eigenvalue weighted by atomic mass is 9.85. The Morgan fingerprint density at radius 2 is 1.96 bits per heavy atom. The van der Waals surface area contributed by atoms with Crippen LogP contribution in [-0.4, -0.2) is 37.9 Å². The second-order valence-corrected chi connectivity index (χ2v) is 11.1. The number of aromatic hydroxyl groups is 1. The van der Waals surface area contributed by atoms with Gasteiger partial charge in [-0.15, -0.1) is 10.2 Å². The second-order valence-electron chi connectivity index (χ2n) is 6.63. The summed E-state index contributed by atoms with van der Waals surface area (Å²) in [6.45, 7) is 0.461. The van der Waals surface area contributed by atoms with Crippen molar-refractivity contribution >= 4 is 25.8 Å². The smallest absolute Gasteiger partial charge is 0.208 e. The topological polar surface area (TPSA) is 90.8 Å². The van der Waals surface area contributed by atoms with Gasteiger partial charge in [0, 0.05) is 23.7 Å². The maximum absolute atomic E-state index is 11.5. The fraction of sp³-hybridized carbons (Fsp3) is 0.471. The number of hydrogen-bond acceptors (Lipinski definition) is 5. The number of rotatable bonds is 6. The first-order chi connectivity index (χ1) is 11.9. The van der Waals surface area contributed by atoms with E-state index >= 15 is 0 Å². The van der Waals surface area contributed by atoms with Gasteiger partial charge in [-0.1, -0.05) is 12.8 Å². The van der Waals surface area contributed by atoms with Crippen LogP contribution < -0.4 is 9.44 Å². The molecule has 3 atom stereocenters. The summed E-state index contributed by atoms with van der Waals surface area (Å²) in [5.74, 6) is 0.498. The van der Waals surface area contributed by atoms with Gasteiger partial charge in [0.1, 0.15) is 5.75 Å². The molecule has 1 heterocycles. The van der Waals surface area contributed by atoms with Gasteiger partial charge < -0.3 is 5.11 Å². The Balaban J connectivity index is 1.79. The molecular weight excluding hydrogens is 358 g/mol. The Labute approximate surface area is 150 Å². The molecule has 138 valence electrons.